The Kier molecular flexibility index (Phi) is 3.89. The minimum Gasteiger partial charge on any atom is -0.489 e. The van der Waals surface area contributed by atoms with Gasteiger partial charge < -0.3 is 15.8 Å². The third-order valence-corrected chi connectivity index (χ3v) is 4.79. The number of sulfone groups is 1. The molecule has 1 saturated heterocycles. The Morgan fingerprint density at radius 1 is 1.42 bits per heavy atom. The first-order valence-corrected chi connectivity index (χ1v) is 8.21. The van der Waals surface area contributed by atoms with Crippen LogP contribution in [0.3, 0.4) is 0 Å². The number of nitrogens with one attached hydrogen (secondary N) is 1. The third-order valence-electron chi connectivity index (χ3n) is 3.02. The highest BCUT2D eigenvalue weighted by Gasteiger charge is 2.28. The van der Waals surface area contributed by atoms with Crippen LogP contribution in [0.15, 0.2) is 18.2 Å². The molecule has 0 aliphatic carbocycles. The van der Waals surface area contributed by atoms with E-state index in [1.165, 1.54) is 0 Å². The second kappa shape index (κ2) is 5.28. The molecule has 1 heterocycles. The van der Waals surface area contributed by atoms with Crippen LogP contribution in [-0.2, 0) is 9.84 Å². The lowest BCUT2D eigenvalue weighted by Crippen LogP contribution is -2.21. The van der Waals surface area contributed by atoms with Gasteiger partial charge in [0.05, 0.1) is 29.0 Å². The largest absolute Gasteiger partial charge is 0.489 e. The van der Waals surface area contributed by atoms with E-state index in [4.69, 9.17) is 10.5 Å². The monoisotopic (exact) mass is 284 g/mol. The molecule has 0 radical (unpaired) electrons. The van der Waals surface area contributed by atoms with Crippen molar-refractivity contribution in [1.82, 2.24) is 0 Å². The molecule has 1 aromatic carbocycles. The molecule has 1 unspecified atom stereocenters. The van der Waals surface area contributed by atoms with Crippen LogP contribution in [-0.4, -0.2) is 32.1 Å². The Bertz CT molecular complexity index is 555. The van der Waals surface area contributed by atoms with Gasteiger partial charge in [-0.05, 0) is 32.4 Å². The predicted molar refractivity (Wildman–Crippen MR) is 77.3 cm³/mol. The molecule has 0 bridgehead atoms. The van der Waals surface area contributed by atoms with E-state index < -0.39 is 9.84 Å². The summed E-state index contributed by atoms with van der Waals surface area (Å²) in [5.41, 5.74) is 7.30. The zero-order chi connectivity index (χ0) is 14.0. The van der Waals surface area contributed by atoms with Crippen molar-refractivity contribution in [3.8, 4) is 5.75 Å². The minimum absolute atomic E-state index is 0.0457. The predicted octanol–water partition coefficient (Wildman–Crippen LogP) is 1.65. The highest BCUT2D eigenvalue weighted by molar-refractivity contribution is 7.91. The van der Waals surface area contributed by atoms with Crippen molar-refractivity contribution < 1.29 is 13.2 Å². The minimum atomic E-state index is -2.89. The van der Waals surface area contributed by atoms with E-state index in [-0.39, 0.29) is 23.7 Å². The van der Waals surface area contributed by atoms with Gasteiger partial charge in [0, 0.05) is 6.04 Å². The first-order chi connectivity index (χ1) is 8.87. The third kappa shape index (κ3) is 3.53. The number of benzene rings is 1. The summed E-state index contributed by atoms with van der Waals surface area (Å²) in [4.78, 5) is 0. The average Bonchev–Trinajstić information content (AvgIpc) is 2.63. The van der Waals surface area contributed by atoms with E-state index in [0.717, 1.165) is 5.69 Å². The highest BCUT2D eigenvalue weighted by Crippen LogP contribution is 2.31. The molecular weight excluding hydrogens is 264 g/mol. The van der Waals surface area contributed by atoms with Crippen LogP contribution < -0.4 is 15.8 Å². The number of para-hydroxylation sites is 1. The summed E-state index contributed by atoms with van der Waals surface area (Å²) >= 11 is 0. The lowest BCUT2D eigenvalue weighted by Gasteiger charge is -2.18. The molecule has 1 aliphatic heterocycles. The van der Waals surface area contributed by atoms with Crippen molar-refractivity contribution in [2.24, 2.45) is 0 Å². The van der Waals surface area contributed by atoms with Gasteiger partial charge in [0.2, 0.25) is 0 Å². The number of hydrogen-bond acceptors (Lipinski definition) is 5. The molecule has 3 N–H and O–H groups in total. The number of hydrogen-bond donors (Lipinski definition) is 2. The number of nitrogen functional groups attached to an aromatic ring is 1. The summed E-state index contributed by atoms with van der Waals surface area (Å²) in [5, 5.41) is 3.19. The Balaban J connectivity index is 2.13. The fraction of sp³-hybridized carbons (Fsp3) is 0.538. The Labute approximate surface area is 114 Å². The Morgan fingerprint density at radius 2 is 2.16 bits per heavy atom. The van der Waals surface area contributed by atoms with Gasteiger partial charge in [0.1, 0.15) is 5.75 Å². The van der Waals surface area contributed by atoms with Gasteiger partial charge in [-0.3, -0.25) is 0 Å². The summed E-state index contributed by atoms with van der Waals surface area (Å²) in [6, 6.07) is 5.43. The van der Waals surface area contributed by atoms with Gasteiger partial charge in [-0.2, -0.15) is 0 Å². The van der Waals surface area contributed by atoms with Gasteiger partial charge in [0.25, 0.3) is 0 Å². The van der Waals surface area contributed by atoms with E-state index in [2.05, 4.69) is 5.32 Å². The van der Waals surface area contributed by atoms with Crippen molar-refractivity contribution >= 4 is 21.2 Å². The number of rotatable bonds is 4. The first-order valence-electron chi connectivity index (χ1n) is 6.39. The number of anilines is 2. The maximum absolute atomic E-state index is 11.4. The number of ether oxygens (including phenoxy) is 1. The molecule has 2 rings (SSSR count). The van der Waals surface area contributed by atoms with Gasteiger partial charge in [-0.15, -0.1) is 0 Å². The van der Waals surface area contributed by atoms with Crippen molar-refractivity contribution in [2.75, 3.05) is 22.6 Å². The molecule has 5 nitrogen and oxygen atoms in total. The summed E-state index contributed by atoms with van der Waals surface area (Å²) in [5.74, 6) is 1.04. The van der Waals surface area contributed by atoms with Crippen LogP contribution in [0.5, 0.6) is 5.75 Å². The highest BCUT2D eigenvalue weighted by atomic mass is 32.2. The van der Waals surface area contributed by atoms with Crippen LogP contribution in [0.1, 0.15) is 20.3 Å². The van der Waals surface area contributed by atoms with Crippen molar-refractivity contribution in [3.05, 3.63) is 18.2 Å². The van der Waals surface area contributed by atoms with Crippen LogP contribution in [0, 0.1) is 0 Å². The zero-order valence-corrected chi connectivity index (χ0v) is 12.0. The first kappa shape index (κ1) is 14.0. The summed E-state index contributed by atoms with van der Waals surface area (Å²) < 4.78 is 28.5. The van der Waals surface area contributed by atoms with Gasteiger partial charge in [-0.1, -0.05) is 6.07 Å². The second-order valence-electron chi connectivity index (χ2n) is 5.13. The normalized spacial score (nSPS) is 21.5. The molecule has 0 saturated carbocycles. The van der Waals surface area contributed by atoms with E-state index in [1.54, 1.807) is 0 Å². The van der Waals surface area contributed by atoms with E-state index >= 15 is 0 Å². The van der Waals surface area contributed by atoms with E-state index in [1.807, 2.05) is 32.0 Å². The van der Waals surface area contributed by atoms with Crippen molar-refractivity contribution in [2.45, 2.75) is 32.4 Å². The second-order valence-corrected chi connectivity index (χ2v) is 7.36. The zero-order valence-electron chi connectivity index (χ0n) is 11.2. The molecule has 19 heavy (non-hydrogen) atoms. The van der Waals surface area contributed by atoms with Crippen molar-refractivity contribution in [3.63, 3.8) is 0 Å². The quantitative estimate of drug-likeness (QED) is 0.822. The maximum Gasteiger partial charge on any atom is 0.152 e. The Hall–Kier alpha value is -1.43. The SMILES string of the molecule is CC(C)Oc1cccc(NC2CCS(=O)(=O)C2)c1N. The standard InChI is InChI=1S/C13H20N2O3S/c1-9(2)18-12-5-3-4-11(13(12)14)15-10-6-7-19(16,17)8-10/h3-5,9-10,15H,6-8,14H2,1-2H3. The molecule has 1 atom stereocenters. The molecule has 0 aromatic heterocycles. The fourth-order valence-electron chi connectivity index (χ4n) is 2.16. The molecule has 1 aromatic rings. The van der Waals surface area contributed by atoms with Crippen LogP contribution in [0.25, 0.3) is 0 Å². The summed E-state index contributed by atoms with van der Waals surface area (Å²) in [7, 11) is -2.89. The molecule has 106 valence electrons. The van der Waals surface area contributed by atoms with Crippen LogP contribution >= 0.6 is 0 Å². The number of nitrogens with two attached hydrogens (primary N) is 1. The van der Waals surface area contributed by atoms with E-state index in [9.17, 15) is 8.42 Å². The lowest BCUT2D eigenvalue weighted by atomic mass is 10.2. The maximum atomic E-state index is 11.4. The van der Waals surface area contributed by atoms with Crippen LogP contribution in [0.2, 0.25) is 0 Å². The molecule has 1 aliphatic rings. The van der Waals surface area contributed by atoms with Crippen LogP contribution in [0.4, 0.5) is 11.4 Å². The molecule has 6 heteroatoms. The van der Waals surface area contributed by atoms with Gasteiger partial charge in [0.15, 0.2) is 9.84 Å². The summed E-state index contributed by atoms with van der Waals surface area (Å²) in [6.07, 6.45) is 0.668. The smallest absolute Gasteiger partial charge is 0.152 e. The molecule has 0 amide bonds. The molecule has 0 spiro atoms. The Morgan fingerprint density at radius 3 is 2.74 bits per heavy atom. The van der Waals surface area contributed by atoms with Gasteiger partial charge >= 0.3 is 0 Å². The summed E-state index contributed by atoms with van der Waals surface area (Å²) in [6.45, 7) is 3.87. The topological polar surface area (TPSA) is 81.4 Å². The van der Waals surface area contributed by atoms with Gasteiger partial charge in [-0.25, -0.2) is 8.42 Å². The van der Waals surface area contributed by atoms with Crippen molar-refractivity contribution in [1.29, 1.82) is 0 Å². The fourth-order valence-corrected chi connectivity index (χ4v) is 3.83. The molecule has 1 fully saturated rings. The van der Waals surface area contributed by atoms with E-state index in [0.29, 0.717) is 17.9 Å². The molecular formula is C13H20N2O3S. The lowest BCUT2D eigenvalue weighted by molar-refractivity contribution is 0.244. The average molecular weight is 284 g/mol.